The zero-order valence-electron chi connectivity index (χ0n) is 19.2. The zero-order valence-corrected chi connectivity index (χ0v) is 20.0. The highest BCUT2D eigenvalue weighted by atomic mass is 32.1. The molecule has 1 unspecified atom stereocenters. The minimum absolute atomic E-state index is 0.0520. The Hall–Kier alpha value is -1.18. The van der Waals surface area contributed by atoms with Crippen LogP contribution >= 0.6 is 11.3 Å². The molecule has 0 aromatic carbocycles. The van der Waals surface area contributed by atoms with E-state index < -0.39 is 6.10 Å². The number of amides is 1. The normalized spacial score (nSPS) is 30.4. The minimum atomic E-state index is -0.620. The van der Waals surface area contributed by atoms with E-state index in [0.717, 1.165) is 42.6 Å². The molecule has 0 radical (unpaired) electrons. The second-order valence-corrected chi connectivity index (χ2v) is 12.1. The van der Waals surface area contributed by atoms with Gasteiger partial charge in [0.2, 0.25) is 0 Å². The third-order valence-electron chi connectivity index (χ3n) is 7.40. The summed E-state index contributed by atoms with van der Waals surface area (Å²) in [7, 11) is 0. The fraction of sp³-hybridized carbons (Fsp3) is 0.833. The highest BCUT2D eigenvalue weighted by molar-refractivity contribution is 7.15. The van der Waals surface area contributed by atoms with Crippen LogP contribution in [0.25, 0.3) is 0 Å². The van der Waals surface area contributed by atoms with Crippen LogP contribution in [0, 0.1) is 29.6 Å². The molecule has 174 valence electrons. The molecule has 0 aliphatic heterocycles. The van der Waals surface area contributed by atoms with E-state index in [1.165, 1.54) is 49.9 Å². The molecule has 31 heavy (non-hydrogen) atoms. The molecule has 4 aliphatic rings. The Morgan fingerprint density at radius 2 is 1.90 bits per heavy atom. The number of carbonyl (C=O) groups excluding carboxylic acids is 1. The molecule has 1 amide bonds. The number of nitrogens with zero attached hydrogens (tertiary/aromatic N) is 1. The largest absolute Gasteiger partial charge is 0.467 e. The Balaban J connectivity index is 1.13. The number of thiazole rings is 1. The van der Waals surface area contributed by atoms with Gasteiger partial charge >= 0.3 is 0 Å². The van der Waals surface area contributed by atoms with Crippen molar-refractivity contribution in [3.63, 3.8) is 0 Å². The van der Waals surface area contributed by atoms with Gasteiger partial charge in [-0.1, -0.05) is 11.3 Å². The van der Waals surface area contributed by atoms with Crippen LogP contribution in [0.2, 0.25) is 0 Å². The van der Waals surface area contributed by atoms with Gasteiger partial charge in [-0.2, -0.15) is 0 Å². The summed E-state index contributed by atoms with van der Waals surface area (Å²) in [4.78, 5) is 17.2. The Morgan fingerprint density at radius 3 is 2.55 bits per heavy atom. The first-order valence-electron chi connectivity index (χ1n) is 12.1. The number of hydrogen-bond acceptors (Lipinski definition) is 6. The van der Waals surface area contributed by atoms with E-state index in [9.17, 15) is 9.90 Å². The van der Waals surface area contributed by atoms with Gasteiger partial charge in [-0.3, -0.25) is 4.79 Å². The molecule has 6 nitrogen and oxygen atoms in total. The van der Waals surface area contributed by atoms with E-state index in [0.29, 0.717) is 16.6 Å². The summed E-state index contributed by atoms with van der Waals surface area (Å²) in [6, 6.07) is 0. The van der Waals surface area contributed by atoms with Gasteiger partial charge in [-0.25, -0.2) is 4.98 Å². The summed E-state index contributed by atoms with van der Waals surface area (Å²) in [5, 5.41) is 16.7. The number of aromatic nitrogens is 1. The van der Waals surface area contributed by atoms with Crippen molar-refractivity contribution < 1.29 is 14.6 Å². The third-order valence-corrected chi connectivity index (χ3v) is 8.31. The van der Waals surface area contributed by atoms with Crippen LogP contribution in [0.5, 0.6) is 5.19 Å². The lowest BCUT2D eigenvalue weighted by Gasteiger charge is -2.54. The summed E-state index contributed by atoms with van der Waals surface area (Å²) in [5.74, 6) is 4.79. The summed E-state index contributed by atoms with van der Waals surface area (Å²) in [6.07, 6.45) is 10.6. The number of rotatable bonds is 10. The number of ether oxygens (including phenoxy) is 1. The third kappa shape index (κ3) is 6.20. The minimum Gasteiger partial charge on any atom is -0.467 e. The van der Waals surface area contributed by atoms with Crippen molar-refractivity contribution in [2.24, 2.45) is 29.6 Å². The molecule has 0 spiro atoms. The van der Waals surface area contributed by atoms with Crippen LogP contribution in [0.3, 0.4) is 0 Å². The molecule has 1 heterocycles. The van der Waals surface area contributed by atoms with Crippen molar-refractivity contribution in [2.45, 2.75) is 77.4 Å². The van der Waals surface area contributed by atoms with Crippen LogP contribution in [0.4, 0.5) is 0 Å². The van der Waals surface area contributed by atoms with Crippen molar-refractivity contribution in [3.05, 3.63) is 11.1 Å². The van der Waals surface area contributed by atoms with Gasteiger partial charge in [0.1, 0.15) is 17.6 Å². The number of aliphatic hydroxyl groups is 1. The maximum atomic E-state index is 12.4. The standard InChI is InChI=1S/C24H39N3O3S/c1-24(2,3)27-12-19(28)14-30-23-26-13-21(31-23)22(29)25-6-4-5-20-17-8-15-7-16(10-17)11-18(20)9-15/h13,15-20,27-28H,4-12,14H2,1-3H3,(H,25,29). The molecule has 3 N–H and O–H groups in total. The maximum Gasteiger partial charge on any atom is 0.273 e. The summed E-state index contributed by atoms with van der Waals surface area (Å²) >= 11 is 1.23. The van der Waals surface area contributed by atoms with Gasteiger partial charge < -0.3 is 20.5 Å². The number of carbonyl (C=O) groups is 1. The van der Waals surface area contributed by atoms with Gasteiger partial charge in [-0.05, 0) is 95.3 Å². The quantitative estimate of drug-likeness (QED) is 0.473. The maximum absolute atomic E-state index is 12.4. The smallest absolute Gasteiger partial charge is 0.273 e. The van der Waals surface area contributed by atoms with E-state index in [-0.39, 0.29) is 18.1 Å². The van der Waals surface area contributed by atoms with Gasteiger partial charge in [0.05, 0.1) is 6.20 Å². The molecule has 1 aromatic rings. The molecule has 4 saturated carbocycles. The van der Waals surface area contributed by atoms with Gasteiger partial charge in [0.15, 0.2) is 0 Å². The van der Waals surface area contributed by atoms with Crippen LogP contribution in [-0.2, 0) is 0 Å². The number of nitrogens with one attached hydrogen (secondary N) is 2. The summed E-state index contributed by atoms with van der Waals surface area (Å²) in [5.41, 5.74) is -0.0520. The van der Waals surface area contributed by atoms with E-state index in [1.807, 2.05) is 0 Å². The monoisotopic (exact) mass is 449 g/mol. The topological polar surface area (TPSA) is 83.5 Å². The van der Waals surface area contributed by atoms with E-state index >= 15 is 0 Å². The highest BCUT2D eigenvalue weighted by Crippen LogP contribution is 2.57. The van der Waals surface area contributed by atoms with Crippen LogP contribution in [0.15, 0.2) is 6.20 Å². The predicted octanol–water partition coefficient (Wildman–Crippen LogP) is 3.85. The van der Waals surface area contributed by atoms with Crippen molar-refractivity contribution in [1.29, 1.82) is 0 Å². The lowest BCUT2D eigenvalue weighted by Crippen LogP contribution is -2.45. The zero-order chi connectivity index (χ0) is 22.0. The highest BCUT2D eigenvalue weighted by Gasteiger charge is 2.47. The van der Waals surface area contributed by atoms with Crippen LogP contribution < -0.4 is 15.4 Å². The van der Waals surface area contributed by atoms with Crippen molar-refractivity contribution in [2.75, 3.05) is 19.7 Å². The molecule has 4 fully saturated rings. The van der Waals surface area contributed by atoms with Gasteiger partial charge in [0.25, 0.3) is 11.1 Å². The Kier molecular flexibility index (Phi) is 7.24. The lowest BCUT2D eigenvalue weighted by atomic mass is 9.51. The second kappa shape index (κ2) is 9.75. The Morgan fingerprint density at radius 1 is 1.23 bits per heavy atom. The van der Waals surface area contributed by atoms with Crippen molar-refractivity contribution >= 4 is 17.2 Å². The van der Waals surface area contributed by atoms with Gasteiger partial charge in [-0.15, -0.1) is 0 Å². The molecule has 1 aromatic heterocycles. The molecular weight excluding hydrogens is 410 g/mol. The molecule has 7 heteroatoms. The molecular formula is C24H39N3O3S. The summed E-state index contributed by atoms with van der Waals surface area (Å²) in [6.45, 7) is 7.49. The lowest BCUT2D eigenvalue weighted by molar-refractivity contribution is -0.0401. The van der Waals surface area contributed by atoms with E-state index in [2.05, 4.69) is 36.4 Å². The fourth-order valence-electron chi connectivity index (χ4n) is 6.22. The van der Waals surface area contributed by atoms with Crippen LogP contribution in [-0.4, -0.2) is 47.3 Å². The number of hydrogen-bond donors (Lipinski definition) is 3. The number of aliphatic hydroxyl groups excluding tert-OH is 1. The van der Waals surface area contributed by atoms with E-state index in [1.54, 1.807) is 6.20 Å². The van der Waals surface area contributed by atoms with Crippen molar-refractivity contribution in [3.8, 4) is 5.19 Å². The first-order chi connectivity index (χ1) is 14.8. The fourth-order valence-corrected chi connectivity index (χ4v) is 6.91. The second-order valence-electron chi connectivity index (χ2n) is 11.1. The van der Waals surface area contributed by atoms with Crippen molar-refractivity contribution in [1.82, 2.24) is 15.6 Å². The first-order valence-corrected chi connectivity index (χ1v) is 12.9. The molecule has 4 bridgehead atoms. The molecule has 5 rings (SSSR count). The average Bonchev–Trinajstić information content (AvgIpc) is 3.17. The predicted molar refractivity (Wildman–Crippen MR) is 123 cm³/mol. The van der Waals surface area contributed by atoms with E-state index in [4.69, 9.17) is 4.74 Å². The van der Waals surface area contributed by atoms with Crippen LogP contribution in [0.1, 0.15) is 75.4 Å². The SMILES string of the molecule is CC(C)(C)NCC(O)COc1ncc(C(=O)NCCCC2C3CC4CC(C3)CC2C4)s1. The Labute approximate surface area is 190 Å². The molecule has 4 aliphatic carbocycles. The number of β-amino-alcohol motifs (C(OH)–C–C–N with tert-alkyl or cyclic N) is 1. The molecule has 1 atom stereocenters. The van der Waals surface area contributed by atoms with Gasteiger partial charge in [0, 0.05) is 18.6 Å². The molecule has 0 saturated heterocycles. The summed E-state index contributed by atoms with van der Waals surface area (Å²) < 4.78 is 5.56. The Bertz CT molecular complexity index is 717. The average molecular weight is 450 g/mol. The first kappa shape index (κ1) is 23.0.